The molecular formula is C12H20N6O. The van der Waals surface area contributed by atoms with Gasteiger partial charge in [0.15, 0.2) is 0 Å². The van der Waals surface area contributed by atoms with Crippen LogP contribution < -0.4 is 21.7 Å². The minimum Gasteiger partial charge on any atom is -0.373 e. The van der Waals surface area contributed by atoms with Gasteiger partial charge in [0.25, 0.3) is 0 Å². The Morgan fingerprint density at radius 1 is 1.32 bits per heavy atom. The van der Waals surface area contributed by atoms with Crippen molar-refractivity contribution in [3.05, 3.63) is 11.4 Å². The van der Waals surface area contributed by atoms with Crippen molar-refractivity contribution in [3.8, 4) is 0 Å². The number of aromatic nitrogens is 2. The van der Waals surface area contributed by atoms with Crippen LogP contribution in [0.3, 0.4) is 0 Å². The van der Waals surface area contributed by atoms with Crippen molar-refractivity contribution in [1.82, 2.24) is 15.3 Å². The average molecular weight is 264 g/mol. The molecule has 1 aromatic rings. The van der Waals surface area contributed by atoms with Crippen LogP contribution in [0.15, 0.2) is 0 Å². The molecule has 0 atom stereocenters. The zero-order chi connectivity index (χ0) is 13.8. The molecule has 0 radical (unpaired) electrons. The molecule has 0 aromatic carbocycles. The highest BCUT2D eigenvalue weighted by molar-refractivity contribution is 5.71. The fraction of sp³-hybridized carbons (Fsp3) is 0.583. The van der Waals surface area contributed by atoms with Crippen LogP contribution >= 0.6 is 0 Å². The van der Waals surface area contributed by atoms with E-state index in [9.17, 15) is 4.79 Å². The molecule has 0 spiro atoms. The second-order valence-electron chi connectivity index (χ2n) is 4.65. The number of hydrogen-bond donors (Lipinski definition) is 4. The van der Waals surface area contributed by atoms with Crippen molar-refractivity contribution in [3.63, 3.8) is 0 Å². The third-order valence-electron chi connectivity index (χ3n) is 3.06. The standard InChI is InChI=1S/C12H20N6O/c1-7-9(14-2)17-11(8-3-4-8)18-10(7)15-5-6-16-12(13)19/h8H,3-6H2,1-2H3,(H3,13,16,19)(H2,14,15,17,18). The Balaban J connectivity index is 2.05. The van der Waals surface area contributed by atoms with Crippen LogP contribution in [0.2, 0.25) is 0 Å². The van der Waals surface area contributed by atoms with Crippen molar-refractivity contribution >= 4 is 17.7 Å². The summed E-state index contributed by atoms with van der Waals surface area (Å²) in [6.45, 7) is 3.01. The number of primary amides is 1. The predicted octanol–water partition coefficient (Wildman–Crippen LogP) is 0.784. The normalized spacial score (nSPS) is 14.0. The Morgan fingerprint density at radius 3 is 2.58 bits per heavy atom. The lowest BCUT2D eigenvalue weighted by Gasteiger charge is -2.13. The molecule has 0 unspecified atom stereocenters. The number of carbonyl (C=O) groups excluding carboxylic acids is 1. The van der Waals surface area contributed by atoms with Crippen LogP contribution in [-0.4, -0.2) is 36.1 Å². The molecule has 5 N–H and O–H groups in total. The van der Waals surface area contributed by atoms with Gasteiger partial charge in [-0.3, -0.25) is 0 Å². The van der Waals surface area contributed by atoms with E-state index in [1.165, 1.54) is 0 Å². The maximum Gasteiger partial charge on any atom is 0.312 e. The van der Waals surface area contributed by atoms with E-state index in [1.54, 1.807) is 0 Å². The summed E-state index contributed by atoms with van der Waals surface area (Å²) in [5.41, 5.74) is 5.98. The molecule has 0 bridgehead atoms. The summed E-state index contributed by atoms with van der Waals surface area (Å²) in [5.74, 6) is 3.05. The molecule has 1 aromatic heterocycles. The van der Waals surface area contributed by atoms with Crippen molar-refractivity contribution in [1.29, 1.82) is 0 Å². The summed E-state index contributed by atoms with van der Waals surface area (Å²) in [6.07, 6.45) is 2.32. The van der Waals surface area contributed by atoms with Gasteiger partial charge < -0.3 is 21.7 Å². The summed E-state index contributed by atoms with van der Waals surface area (Å²) >= 11 is 0. The molecule has 2 rings (SSSR count). The number of amides is 2. The molecular weight excluding hydrogens is 244 g/mol. The van der Waals surface area contributed by atoms with Gasteiger partial charge in [-0.05, 0) is 19.8 Å². The van der Waals surface area contributed by atoms with Crippen LogP contribution in [0.25, 0.3) is 0 Å². The van der Waals surface area contributed by atoms with E-state index in [2.05, 4.69) is 25.9 Å². The van der Waals surface area contributed by atoms with Gasteiger partial charge in [-0.1, -0.05) is 0 Å². The lowest BCUT2D eigenvalue weighted by molar-refractivity contribution is 0.249. The van der Waals surface area contributed by atoms with Crippen molar-refractivity contribution in [2.45, 2.75) is 25.7 Å². The number of hydrogen-bond acceptors (Lipinski definition) is 5. The number of nitrogens with zero attached hydrogens (tertiary/aromatic N) is 2. The number of anilines is 2. The second-order valence-corrected chi connectivity index (χ2v) is 4.65. The first-order valence-electron chi connectivity index (χ1n) is 6.45. The minimum atomic E-state index is -0.518. The smallest absolute Gasteiger partial charge is 0.312 e. The monoisotopic (exact) mass is 264 g/mol. The summed E-state index contributed by atoms with van der Waals surface area (Å²) in [6, 6.07) is -0.518. The number of nitrogens with two attached hydrogens (primary N) is 1. The van der Waals surface area contributed by atoms with E-state index < -0.39 is 6.03 Å². The lowest BCUT2D eigenvalue weighted by atomic mass is 10.2. The van der Waals surface area contributed by atoms with Crippen LogP contribution in [0.1, 0.15) is 30.1 Å². The number of urea groups is 1. The van der Waals surface area contributed by atoms with E-state index in [-0.39, 0.29) is 0 Å². The maximum atomic E-state index is 10.6. The summed E-state index contributed by atoms with van der Waals surface area (Å²) in [4.78, 5) is 19.6. The summed E-state index contributed by atoms with van der Waals surface area (Å²) in [5, 5.41) is 8.82. The van der Waals surface area contributed by atoms with Gasteiger partial charge in [-0.25, -0.2) is 14.8 Å². The largest absolute Gasteiger partial charge is 0.373 e. The molecule has 7 heteroatoms. The SMILES string of the molecule is CNc1nc(C2CC2)nc(NCCNC(N)=O)c1C. The Morgan fingerprint density at radius 2 is 2.00 bits per heavy atom. The van der Waals surface area contributed by atoms with Gasteiger partial charge in [0.05, 0.1) is 0 Å². The van der Waals surface area contributed by atoms with Gasteiger partial charge in [-0.15, -0.1) is 0 Å². The predicted molar refractivity (Wildman–Crippen MR) is 74.4 cm³/mol. The Hall–Kier alpha value is -2.05. The van der Waals surface area contributed by atoms with Gasteiger partial charge >= 0.3 is 6.03 Å². The Labute approximate surface area is 112 Å². The van der Waals surface area contributed by atoms with Crippen LogP contribution in [0, 0.1) is 6.92 Å². The van der Waals surface area contributed by atoms with Gasteiger partial charge in [0, 0.05) is 31.6 Å². The van der Waals surface area contributed by atoms with Crippen LogP contribution in [0.4, 0.5) is 16.4 Å². The molecule has 1 saturated carbocycles. The highest BCUT2D eigenvalue weighted by Gasteiger charge is 2.28. The number of rotatable bonds is 6. The van der Waals surface area contributed by atoms with E-state index >= 15 is 0 Å². The summed E-state index contributed by atoms with van der Waals surface area (Å²) < 4.78 is 0. The molecule has 0 saturated heterocycles. The Kier molecular flexibility index (Phi) is 4.03. The van der Waals surface area contributed by atoms with Crippen molar-refractivity contribution in [2.75, 3.05) is 30.8 Å². The number of carbonyl (C=O) groups is 1. The van der Waals surface area contributed by atoms with Crippen molar-refractivity contribution in [2.24, 2.45) is 5.73 Å². The van der Waals surface area contributed by atoms with E-state index in [1.807, 2.05) is 14.0 Å². The first-order valence-corrected chi connectivity index (χ1v) is 6.45. The van der Waals surface area contributed by atoms with Gasteiger partial charge in [0.1, 0.15) is 17.5 Å². The van der Waals surface area contributed by atoms with Gasteiger partial charge in [0.2, 0.25) is 0 Å². The first-order chi connectivity index (χ1) is 9.11. The molecule has 1 aliphatic rings. The van der Waals surface area contributed by atoms with E-state index in [0.717, 1.165) is 35.9 Å². The molecule has 1 heterocycles. The van der Waals surface area contributed by atoms with Crippen LogP contribution in [-0.2, 0) is 0 Å². The third-order valence-corrected chi connectivity index (χ3v) is 3.06. The fourth-order valence-electron chi connectivity index (χ4n) is 1.84. The molecule has 104 valence electrons. The molecule has 1 aliphatic carbocycles. The third kappa shape index (κ3) is 3.46. The zero-order valence-electron chi connectivity index (χ0n) is 11.3. The highest BCUT2D eigenvalue weighted by atomic mass is 16.2. The molecule has 19 heavy (non-hydrogen) atoms. The first kappa shape index (κ1) is 13.4. The second kappa shape index (κ2) is 5.73. The zero-order valence-corrected chi connectivity index (χ0v) is 11.3. The fourth-order valence-corrected chi connectivity index (χ4v) is 1.84. The van der Waals surface area contributed by atoms with Crippen molar-refractivity contribution < 1.29 is 4.79 Å². The lowest BCUT2D eigenvalue weighted by Crippen LogP contribution is -2.33. The Bertz CT molecular complexity index is 472. The highest BCUT2D eigenvalue weighted by Crippen LogP contribution is 2.39. The summed E-state index contributed by atoms with van der Waals surface area (Å²) in [7, 11) is 1.85. The number of nitrogens with one attached hydrogen (secondary N) is 3. The average Bonchev–Trinajstić information content (AvgIpc) is 3.20. The topological polar surface area (TPSA) is 105 Å². The maximum absolute atomic E-state index is 10.6. The molecule has 0 aliphatic heterocycles. The quantitative estimate of drug-likeness (QED) is 0.568. The minimum absolute atomic E-state index is 0.465. The molecule has 2 amide bonds. The van der Waals surface area contributed by atoms with Gasteiger partial charge in [-0.2, -0.15) is 0 Å². The molecule has 7 nitrogen and oxygen atoms in total. The van der Waals surface area contributed by atoms with Crippen LogP contribution in [0.5, 0.6) is 0 Å². The van der Waals surface area contributed by atoms with E-state index in [0.29, 0.717) is 19.0 Å². The van der Waals surface area contributed by atoms with E-state index in [4.69, 9.17) is 5.73 Å². The molecule has 1 fully saturated rings.